The Labute approximate surface area is 102 Å². The van der Waals surface area contributed by atoms with Crippen LogP contribution in [0.15, 0.2) is 22.7 Å². The molecule has 0 spiro atoms. The Hall–Kier alpha value is -1.26. The number of nitrogens with two attached hydrogens (primary N) is 1. The van der Waals surface area contributed by atoms with E-state index in [1.165, 1.54) is 19.1 Å². The predicted molar refractivity (Wildman–Crippen MR) is 66.2 cm³/mol. The van der Waals surface area contributed by atoms with Gasteiger partial charge in [0.15, 0.2) is 5.25 Å². The van der Waals surface area contributed by atoms with E-state index in [0.29, 0.717) is 15.8 Å². The normalized spacial score (nSPS) is 12.8. The number of halogens is 1. The molecule has 0 aliphatic heterocycles. The van der Waals surface area contributed by atoms with Gasteiger partial charge in [-0.15, -0.1) is 0 Å². The van der Waals surface area contributed by atoms with E-state index >= 15 is 0 Å². The molecule has 7 heteroatoms. The van der Waals surface area contributed by atoms with Crippen LogP contribution in [0, 0.1) is 11.3 Å². The van der Waals surface area contributed by atoms with Crippen molar-refractivity contribution in [1.82, 2.24) is 0 Å². The van der Waals surface area contributed by atoms with Crippen LogP contribution in [0.1, 0.15) is 6.92 Å². The van der Waals surface area contributed by atoms with Gasteiger partial charge < -0.3 is 5.73 Å². The topological polar surface area (TPSA) is 96.0 Å². The van der Waals surface area contributed by atoms with Crippen LogP contribution in [0.5, 0.6) is 0 Å². The summed E-state index contributed by atoms with van der Waals surface area (Å²) >= 11 is 3.18. The lowest BCUT2D eigenvalue weighted by Gasteiger charge is -2.10. The van der Waals surface area contributed by atoms with Gasteiger partial charge in [0, 0.05) is 15.8 Å². The summed E-state index contributed by atoms with van der Waals surface area (Å²) in [4.78, 5) is 0. The van der Waals surface area contributed by atoms with Gasteiger partial charge in [-0.1, -0.05) is 0 Å². The summed E-state index contributed by atoms with van der Waals surface area (Å²) in [5.41, 5.74) is 6.44. The van der Waals surface area contributed by atoms with Gasteiger partial charge in [-0.2, -0.15) is 5.26 Å². The van der Waals surface area contributed by atoms with E-state index in [1.807, 2.05) is 0 Å². The summed E-state index contributed by atoms with van der Waals surface area (Å²) in [6, 6.07) is 6.30. The monoisotopic (exact) mass is 303 g/mol. The Kier molecular flexibility index (Phi) is 3.78. The van der Waals surface area contributed by atoms with Gasteiger partial charge in [0.05, 0.1) is 6.07 Å². The molecule has 0 fully saturated rings. The van der Waals surface area contributed by atoms with Crippen LogP contribution in [-0.2, 0) is 10.0 Å². The zero-order valence-electron chi connectivity index (χ0n) is 8.44. The van der Waals surface area contributed by atoms with Crippen molar-refractivity contribution in [2.45, 2.75) is 12.2 Å². The molecule has 1 aromatic rings. The van der Waals surface area contributed by atoms with E-state index in [4.69, 9.17) is 11.0 Å². The van der Waals surface area contributed by atoms with Crippen LogP contribution in [-0.4, -0.2) is 13.7 Å². The van der Waals surface area contributed by atoms with Gasteiger partial charge in [-0.25, -0.2) is 8.42 Å². The summed E-state index contributed by atoms with van der Waals surface area (Å²) in [7, 11) is -3.67. The SMILES string of the molecule is CC(C#N)S(=O)(=O)Nc1ccc(N)c(Br)c1. The second-order valence-corrected chi connectivity index (χ2v) is 6.01. The molecule has 1 rings (SSSR count). The quantitative estimate of drug-likeness (QED) is 0.830. The third-order valence-corrected chi connectivity index (χ3v) is 4.15. The molecule has 3 N–H and O–H groups in total. The summed E-state index contributed by atoms with van der Waals surface area (Å²) in [6.45, 7) is 1.31. The maximum Gasteiger partial charge on any atom is 0.248 e. The highest BCUT2D eigenvalue weighted by molar-refractivity contribution is 9.10. The fourth-order valence-corrected chi connectivity index (χ4v) is 2.06. The first-order valence-electron chi connectivity index (χ1n) is 4.33. The number of rotatable bonds is 3. The maximum absolute atomic E-state index is 11.5. The van der Waals surface area contributed by atoms with Gasteiger partial charge in [0.2, 0.25) is 10.0 Å². The van der Waals surface area contributed by atoms with Crippen molar-refractivity contribution in [3.05, 3.63) is 22.7 Å². The molecule has 0 saturated carbocycles. The molecule has 5 nitrogen and oxygen atoms in total. The summed E-state index contributed by atoms with van der Waals surface area (Å²) < 4.78 is 26.0. The molecule has 0 bridgehead atoms. The number of nitrogen functional groups attached to an aromatic ring is 1. The van der Waals surface area contributed by atoms with Crippen molar-refractivity contribution in [1.29, 1.82) is 5.26 Å². The van der Waals surface area contributed by atoms with Gasteiger partial charge in [-0.3, -0.25) is 4.72 Å². The van der Waals surface area contributed by atoms with Crippen LogP contribution >= 0.6 is 15.9 Å². The van der Waals surface area contributed by atoms with E-state index in [9.17, 15) is 8.42 Å². The standard InChI is InChI=1S/C9H10BrN3O2S/c1-6(5-11)16(14,15)13-7-2-3-9(12)8(10)4-7/h2-4,6,13H,12H2,1H3. The number of anilines is 2. The van der Waals surface area contributed by atoms with Crippen LogP contribution in [0.3, 0.4) is 0 Å². The van der Waals surface area contributed by atoms with E-state index in [0.717, 1.165) is 0 Å². The molecule has 1 aromatic carbocycles. The third-order valence-electron chi connectivity index (χ3n) is 1.91. The smallest absolute Gasteiger partial charge is 0.248 e. The molecule has 0 aliphatic carbocycles. The van der Waals surface area contributed by atoms with Gasteiger partial charge >= 0.3 is 0 Å². The first-order chi connectivity index (χ1) is 7.36. The third kappa shape index (κ3) is 2.87. The van der Waals surface area contributed by atoms with E-state index in [-0.39, 0.29) is 0 Å². The highest BCUT2D eigenvalue weighted by atomic mass is 79.9. The highest BCUT2D eigenvalue weighted by Crippen LogP contribution is 2.24. The van der Waals surface area contributed by atoms with Crippen LogP contribution in [0.25, 0.3) is 0 Å². The van der Waals surface area contributed by atoms with Gasteiger partial charge in [0.25, 0.3) is 0 Å². The van der Waals surface area contributed by atoms with Gasteiger partial charge in [-0.05, 0) is 41.1 Å². The molecule has 0 aromatic heterocycles. The van der Waals surface area contributed by atoms with Crippen molar-refractivity contribution in [3.63, 3.8) is 0 Å². The molecule has 0 heterocycles. The average Bonchev–Trinajstić information content (AvgIpc) is 2.22. The minimum absolute atomic E-state index is 0.364. The Balaban J connectivity index is 2.98. The number of nitriles is 1. The molecular weight excluding hydrogens is 294 g/mol. The molecule has 0 amide bonds. The fraction of sp³-hybridized carbons (Fsp3) is 0.222. The Morgan fingerprint density at radius 2 is 2.19 bits per heavy atom. The Morgan fingerprint density at radius 3 is 2.69 bits per heavy atom. The van der Waals surface area contributed by atoms with Crippen molar-refractivity contribution in [3.8, 4) is 6.07 Å². The summed E-state index contributed by atoms with van der Waals surface area (Å²) in [5.74, 6) is 0. The second kappa shape index (κ2) is 4.72. The van der Waals surface area contributed by atoms with Crippen LogP contribution in [0.2, 0.25) is 0 Å². The van der Waals surface area contributed by atoms with Crippen molar-refractivity contribution >= 4 is 37.3 Å². The zero-order valence-corrected chi connectivity index (χ0v) is 10.8. The lowest BCUT2D eigenvalue weighted by atomic mass is 10.3. The first-order valence-corrected chi connectivity index (χ1v) is 6.67. The number of nitrogens with one attached hydrogen (secondary N) is 1. The molecule has 0 saturated heterocycles. The summed E-state index contributed by atoms with van der Waals surface area (Å²) in [6.07, 6.45) is 0. The van der Waals surface area contributed by atoms with Crippen molar-refractivity contribution in [2.75, 3.05) is 10.5 Å². The lowest BCUT2D eigenvalue weighted by Crippen LogP contribution is -2.23. The van der Waals surface area contributed by atoms with Crippen LogP contribution < -0.4 is 10.5 Å². The predicted octanol–water partition coefficient (Wildman–Crippen LogP) is 1.69. The minimum atomic E-state index is -3.67. The second-order valence-electron chi connectivity index (χ2n) is 3.15. The van der Waals surface area contributed by atoms with Crippen molar-refractivity contribution in [2.24, 2.45) is 0 Å². The molecule has 1 unspecified atom stereocenters. The van der Waals surface area contributed by atoms with E-state index in [2.05, 4.69) is 20.7 Å². The number of hydrogen-bond acceptors (Lipinski definition) is 4. The largest absolute Gasteiger partial charge is 0.398 e. The molecule has 0 radical (unpaired) electrons. The van der Waals surface area contributed by atoms with Crippen LogP contribution in [0.4, 0.5) is 11.4 Å². The zero-order chi connectivity index (χ0) is 12.3. The summed E-state index contributed by atoms with van der Waals surface area (Å²) in [5, 5.41) is 7.44. The Morgan fingerprint density at radius 1 is 1.56 bits per heavy atom. The number of benzene rings is 1. The molecule has 0 aliphatic rings. The molecule has 16 heavy (non-hydrogen) atoms. The fourth-order valence-electron chi connectivity index (χ4n) is 0.913. The molecular formula is C9H10BrN3O2S. The van der Waals surface area contributed by atoms with Gasteiger partial charge in [0.1, 0.15) is 0 Å². The number of sulfonamides is 1. The molecule has 86 valence electrons. The maximum atomic E-state index is 11.5. The highest BCUT2D eigenvalue weighted by Gasteiger charge is 2.19. The number of hydrogen-bond donors (Lipinski definition) is 2. The average molecular weight is 304 g/mol. The first kappa shape index (κ1) is 12.8. The van der Waals surface area contributed by atoms with E-state index < -0.39 is 15.3 Å². The minimum Gasteiger partial charge on any atom is -0.398 e. The van der Waals surface area contributed by atoms with E-state index in [1.54, 1.807) is 12.1 Å². The lowest BCUT2D eigenvalue weighted by molar-refractivity contribution is 0.597. The molecule has 1 atom stereocenters. The Bertz CT molecular complexity index is 536. The van der Waals surface area contributed by atoms with Crippen molar-refractivity contribution < 1.29 is 8.42 Å². The number of nitrogens with zero attached hydrogens (tertiary/aromatic N) is 1.